The van der Waals surface area contributed by atoms with Crippen molar-refractivity contribution < 1.29 is 13.6 Å². The van der Waals surface area contributed by atoms with Crippen LogP contribution in [0.25, 0.3) is 0 Å². The molecule has 0 aliphatic carbocycles. The van der Waals surface area contributed by atoms with Crippen molar-refractivity contribution in [2.75, 3.05) is 11.1 Å². The summed E-state index contributed by atoms with van der Waals surface area (Å²) in [6.07, 6.45) is 1.21. The van der Waals surface area contributed by atoms with Gasteiger partial charge in [0, 0.05) is 6.07 Å². The van der Waals surface area contributed by atoms with Gasteiger partial charge in [0.25, 0.3) is 0 Å². The molecule has 2 aromatic rings. The Morgan fingerprint density at radius 1 is 1.26 bits per heavy atom. The third kappa shape index (κ3) is 3.48. The number of hydrogen-bond acceptors (Lipinski definition) is 3. The topological polar surface area (TPSA) is 68.0 Å². The molecule has 2 rings (SSSR count). The molecule has 19 heavy (non-hydrogen) atoms. The number of carbonyl (C=O) groups is 1. The van der Waals surface area contributed by atoms with Crippen LogP contribution in [0, 0.1) is 11.6 Å². The molecule has 0 radical (unpaired) electrons. The van der Waals surface area contributed by atoms with Crippen molar-refractivity contribution >= 4 is 17.4 Å². The summed E-state index contributed by atoms with van der Waals surface area (Å²) in [5, 5.41) is 2.54. The number of amides is 1. The highest BCUT2D eigenvalue weighted by Gasteiger charge is 2.09. The Labute approximate surface area is 108 Å². The predicted octanol–water partition coefficient (Wildman–Crippen LogP) is 2.12. The molecule has 98 valence electrons. The lowest BCUT2D eigenvalue weighted by Gasteiger charge is -2.06. The minimum Gasteiger partial charge on any atom is -0.384 e. The van der Waals surface area contributed by atoms with Crippen molar-refractivity contribution in [3.63, 3.8) is 0 Å². The van der Waals surface area contributed by atoms with E-state index in [4.69, 9.17) is 5.73 Å². The average Bonchev–Trinajstić information content (AvgIpc) is 2.36. The number of anilines is 2. The number of carbonyl (C=O) groups excluding carboxylic acids is 1. The second-order valence-corrected chi connectivity index (χ2v) is 3.93. The van der Waals surface area contributed by atoms with Crippen LogP contribution in [0.4, 0.5) is 20.3 Å². The van der Waals surface area contributed by atoms with Gasteiger partial charge in [0.1, 0.15) is 17.5 Å². The SMILES string of the molecule is Nc1ccc(NC(=O)Cc2ccc(F)cc2F)cn1. The number of pyridine rings is 1. The quantitative estimate of drug-likeness (QED) is 0.891. The highest BCUT2D eigenvalue weighted by Crippen LogP contribution is 2.12. The van der Waals surface area contributed by atoms with E-state index in [1.165, 1.54) is 18.3 Å². The van der Waals surface area contributed by atoms with Crippen LogP contribution in [0.2, 0.25) is 0 Å². The summed E-state index contributed by atoms with van der Waals surface area (Å²) >= 11 is 0. The van der Waals surface area contributed by atoms with Crippen LogP contribution >= 0.6 is 0 Å². The lowest BCUT2D eigenvalue weighted by molar-refractivity contribution is -0.115. The van der Waals surface area contributed by atoms with E-state index >= 15 is 0 Å². The number of nitrogens with zero attached hydrogens (tertiary/aromatic N) is 1. The zero-order chi connectivity index (χ0) is 13.8. The number of aromatic nitrogens is 1. The summed E-state index contributed by atoms with van der Waals surface area (Å²) in [6, 6.07) is 6.21. The Kier molecular flexibility index (Phi) is 3.70. The molecular weight excluding hydrogens is 252 g/mol. The number of halogens is 2. The van der Waals surface area contributed by atoms with Crippen LogP contribution in [0.5, 0.6) is 0 Å². The van der Waals surface area contributed by atoms with Crippen molar-refractivity contribution in [3.05, 3.63) is 53.7 Å². The largest absolute Gasteiger partial charge is 0.384 e. The maximum Gasteiger partial charge on any atom is 0.228 e. The molecule has 4 nitrogen and oxygen atoms in total. The summed E-state index contributed by atoms with van der Waals surface area (Å²) in [7, 11) is 0. The van der Waals surface area contributed by atoms with Crippen LogP contribution in [0.3, 0.4) is 0 Å². The average molecular weight is 263 g/mol. The van der Waals surface area contributed by atoms with E-state index in [1.54, 1.807) is 6.07 Å². The minimum atomic E-state index is -0.745. The van der Waals surface area contributed by atoms with Gasteiger partial charge in [-0.05, 0) is 23.8 Å². The molecule has 1 aromatic carbocycles. The van der Waals surface area contributed by atoms with Gasteiger partial charge < -0.3 is 11.1 Å². The molecular formula is C13H11F2N3O. The number of nitrogens with two attached hydrogens (primary N) is 1. The van der Waals surface area contributed by atoms with E-state index in [2.05, 4.69) is 10.3 Å². The number of rotatable bonds is 3. The van der Waals surface area contributed by atoms with Gasteiger partial charge in [-0.1, -0.05) is 6.07 Å². The maximum absolute atomic E-state index is 13.4. The Bertz CT molecular complexity index is 599. The predicted molar refractivity (Wildman–Crippen MR) is 67.3 cm³/mol. The van der Waals surface area contributed by atoms with Gasteiger partial charge >= 0.3 is 0 Å². The molecule has 3 N–H and O–H groups in total. The Morgan fingerprint density at radius 2 is 2.05 bits per heavy atom. The van der Waals surface area contributed by atoms with Crippen LogP contribution < -0.4 is 11.1 Å². The van der Waals surface area contributed by atoms with Crippen LogP contribution in [-0.4, -0.2) is 10.9 Å². The number of benzene rings is 1. The van der Waals surface area contributed by atoms with Gasteiger partial charge in [-0.15, -0.1) is 0 Å². The van der Waals surface area contributed by atoms with E-state index in [0.29, 0.717) is 11.5 Å². The molecule has 0 aliphatic heterocycles. The van der Waals surface area contributed by atoms with Crippen molar-refractivity contribution in [1.82, 2.24) is 4.98 Å². The Morgan fingerprint density at radius 3 is 2.68 bits per heavy atom. The lowest BCUT2D eigenvalue weighted by Crippen LogP contribution is -2.15. The normalized spacial score (nSPS) is 10.2. The fourth-order valence-electron chi connectivity index (χ4n) is 1.52. The van der Waals surface area contributed by atoms with Crippen LogP contribution in [-0.2, 0) is 11.2 Å². The summed E-state index contributed by atoms with van der Waals surface area (Å²) in [6.45, 7) is 0. The molecule has 6 heteroatoms. The smallest absolute Gasteiger partial charge is 0.228 e. The maximum atomic E-state index is 13.4. The second-order valence-electron chi connectivity index (χ2n) is 3.93. The monoisotopic (exact) mass is 263 g/mol. The number of nitrogens with one attached hydrogen (secondary N) is 1. The Hall–Kier alpha value is -2.50. The van der Waals surface area contributed by atoms with Gasteiger partial charge in [-0.3, -0.25) is 4.79 Å². The molecule has 0 aliphatic rings. The molecule has 0 saturated heterocycles. The van der Waals surface area contributed by atoms with E-state index < -0.39 is 17.5 Å². The summed E-state index contributed by atoms with van der Waals surface area (Å²) in [4.78, 5) is 15.5. The van der Waals surface area contributed by atoms with Crippen molar-refractivity contribution in [2.24, 2.45) is 0 Å². The summed E-state index contributed by atoms with van der Waals surface area (Å²) < 4.78 is 26.1. The highest BCUT2D eigenvalue weighted by molar-refractivity contribution is 5.92. The lowest BCUT2D eigenvalue weighted by atomic mass is 10.1. The molecule has 0 bridgehead atoms. The third-order valence-electron chi connectivity index (χ3n) is 2.44. The first-order chi connectivity index (χ1) is 9.04. The number of nitrogen functional groups attached to an aromatic ring is 1. The van der Waals surface area contributed by atoms with Gasteiger partial charge in [-0.2, -0.15) is 0 Å². The highest BCUT2D eigenvalue weighted by atomic mass is 19.1. The molecule has 1 heterocycles. The van der Waals surface area contributed by atoms with E-state index in [1.807, 2.05) is 0 Å². The summed E-state index contributed by atoms with van der Waals surface area (Å²) in [5.74, 6) is -1.50. The molecule has 1 aromatic heterocycles. The first kappa shape index (κ1) is 12.9. The zero-order valence-electron chi connectivity index (χ0n) is 9.86. The molecule has 1 amide bonds. The first-order valence-corrected chi connectivity index (χ1v) is 5.50. The van der Waals surface area contributed by atoms with Crippen molar-refractivity contribution in [1.29, 1.82) is 0 Å². The number of hydrogen-bond donors (Lipinski definition) is 2. The van der Waals surface area contributed by atoms with E-state index in [9.17, 15) is 13.6 Å². The molecule has 0 atom stereocenters. The van der Waals surface area contributed by atoms with Crippen molar-refractivity contribution in [3.8, 4) is 0 Å². The fraction of sp³-hybridized carbons (Fsp3) is 0.0769. The molecule has 0 fully saturated rings. The molecule has 0 saturated carbocycles. The van der Waals surface area contributed by atoms with Crippen LogP contribution in [0.1, 0.15) is 5.56 Å². The van der Waals surface area contributed by atoms with Gasteiger partial charge in [-0.25, -0.2) is 13.8 Å². The van der Waals surface area contributed by atoms with E-state index in [-0.39, 0.29) is 12.0 Å². The van der Waals surface area contributed by atoms with Crippen LogP contribution in [0.15, 0.2) is 36.5 Å². The zero-order valence-corrected chi connectivity index (χ0v) is 9.86. The van der Waals surface area contributed by atoms with Gasteiger partial charge in [0.2, 0.25) is 5.91 Å². The standard InChI is InChI=1S/C13H11F2N3O/c14-9-2-1-8(11(15)6-9)5-13(19)18-10-3-4-12(16)17-7-10/h1-4,6-7H,5H2,(H2,16,17)(H,18,19). The minimum absolute atomic E-state index is 0.127. The van der Waals surface area contributed by atoms with Gasteiger partial charge in [0.05, 0.1) is 18.3 Å². The van der Waals surface area contributed by atoms with Gasteiger partial charge in [0.15, 0.2) is 0 Å². The Balaban J connectivity index is 2.03. The molecule has 0 spiro atoms. The second kappa shape index (κ2) is 5.43. The van der Waals surface area contributed by atoms with Crippen molar-refractivity contribution in [2.45, 2.75) is 6.42 Å². The first-order valence-electron chi connectivity index (χ1n) is 5.50. The fourth-order valence-corrected chi connectivity index (χ4v) is 1.52. The summed E-state index contributed by atoms with van der Waals surface area (Å²) in [5.41, 5.74) is 5.99. The van der Waals surface area contributed by atoms with E-state index in [0.717, 1.165) is 12.1 Å². The third-order valence-corrected chi connectivity index (χ3v) is 2.44. The molecule has 0 unspecified atom stereocenters.